The average Bonchev–Trinajstić information content (AvgIpc) is 2.64. The minimum Gasteiger partial charge on any atom is -0.138 e. The van der Waals surface area contributed by atoms with E-state index in [-0.39, 0.29) is 0 Å². The number of hydrogen-bond donors (Lipinski definition) is 0. The molecule has 3 heteroatoms. The number of benzene rings is 3. The van der Waals surface area contributed by atoms with E-state index in [2.05, 4.69) is 72.8 Å². The van der Waals surface area contributed by atoms with Gasteiger partial charge in [0.25, 0.3) is 0 Å². The Morgan fingerprint density at radius 3 is 1.58 bits per heavy atom. The van der Waals surface area contributed by atoms with Gasteiger partial charge in [-0.1, -0.05) is 90.5 Å². The molecule has 0 saturated carbocycles. The molecule has 0 aliphatic carbocycles. The van der Waals surface area contributed by atoms with Crippen molar-refractivity contribution in [3.8, 4) is 0 Å². The van der Waals surface area contributed by atoms with Crippen molar-refractivity contribution in [3.63, 3.8) is 0 Å². The molecule has 0 aliphatic heterocycles. The van der Waals surface area contributed by atoms with Gasteiger partial charge in [-0.25, -0.2) is 0 Å². The van der Waals surface area contributed by atoms with Gasteiger partial charge in [0.2, 0.25) is 0 Å². The first-order chi connectivity index (χ1) is 11.8. The van der Waals surface area contributed by atoms with Crippen LogP contribution in [-0.2, 0) is 11.5 Å². The highest BCUT2D eigenvalue weighted by atomic mass is 35.5. The summed E-state index contributed by atoms with van der Waals surface area (Å²) in [5.41, 5.74) is 3.90. The van der Waals surface area contributed by atoms with Crippen molar-refractivity contribution in [3.05, 3.63) is 107 Å². The summed E-state index contributed by atoms with van der Waals surface area (Å²) in [4.78, 5) is 0. The predicted molar refractivity (Wildman–Crippen MR) is 110 cm³/mol. The Bertz CT molecular complexity index is 701. The van der Waals surface area contributed by atoms with E-state index in [9.17, 15) is 0 Å². The minimum atomic E-state index is 0.319. The lowest BCUT2D eigenvalue weighted by atomic mass is 10.2. The quantitative estimate of drug-likeness (QED) is 0.403. The minimum absolute atomic E-state index is 0.319. The summed E-state index contributed by atoms with van der Waals surface area (Å²) >= 11 is 10.3. The fraction of sp³-hybridized carbons (Fsp3) is 0.143. The summed E-state index contributed by atoms with van der Waals surface area (Å²) in [5, 5.41) is 0.851. The van der Waals surface area contributed by atoms with Crippen LogP contribution in [0.5, 0.6) is 0 Å². The molecule has 0 atom stereocenters. The molecule has 0 amide bonds. The Labute approximate surface area is 157 Å². The Kier molecular flexibility index (Phi) is 6.71. The second kappa shape index (κ2) is 9.22. The first-order valence-electron chi connectivity index (χ1n) is 7.88. The molecule has 0 fully saturated rings. The topological polar surface area (TPSA) is 0 Å². The van der Waals surface area contributed by atoms with E-state index in [1.165, 1.54) is 16.7 Å². The Morgan fingerprint density at radius 1 is 0.625 bits per heavy atom. The standard InChI is InChI=1S/C21H19ClS2/c22-20-14-8-7-13-19(20)21(23-15-17-9-3-1-4-10-17)24-16-18-11-5-2-6-12-18/h1-14,21H,15-16H2. The van der Waals surface area contributed by atoms with E-state index in [0.29, 0.717) is 4.58 Å². The molecular weight excluding hydrogens is 352 g/mol. The molecule has 0 heterocycles. The summed E-state index contributed by atoms with van der Waals surface area (Å²) < 4.78 is 0.319. The summed E-state index contributed by atoms with van der Waals surface area (Å²) in [6.45, 7) is 0. The van der Waals surface area contributed by atoms with Crippen LogP contribution >= 0.6 is 35.1 Å². The molecule has 0 aliphatic rings. The number of halogens is 1. The van der Waals surface area contributed by atoms with Gasteiger partial charge in [0.1, 0.15) is 0 Å². The van der Waals surface area contributed by atoms with Crippen molar-refractivity contribution in [2.45, 2.75) is 16.1 Å². The van der Waals surface area contributed by atoms with Gasteiger partial charge in [-0.05, 0) is 22.8 Å². The van der Waals surface area contributed by atoms with Crippen molar-refractivity contribution >= 4 is 35.1 Å². The molecule has 3 aromatic carbocycles. The third kappa shape index (κ3) is 5.07. The van der Waals surface area contributed by atoms with Crippen LogP contribution in [0.15, 0.2) is 84.9 Å². The second-order valence-electron chi connectivity index (χ2n) is 5.45. The summed E-state index contributed by atoms with van der Waals surface area (Å²) in [5.74, 6) is 1.97. The van der Waals surface area contributed by atoms with Gasteiger partial charge >= 0.3 is 0 Å². The summed E-state index contributed by atoms with van der Waals surface area (Å²) in [6.07, 6.45) is 0. The molecule has 24 heavy (non-hydrogen) atoms. The van der Waals surface area contributed by atoms with Crippen LogP contribution < -0.4 is 0 Å². The molecule has 0 N–H and O–H groups in total. The van der Waals surface area contributed by atoms with Gasteiger partial charge in [-0.15, -0.1) is 23.5 Å². The van der Waals surface area contributed by atoms with Crippen molar-refractivity contribution < 1.29 is 0 Å². The highest BCUT2D eigenvalue weighted by Gasteiger charge is 2.16. The van der Waals surface area contributed by atoms with Gasteiger partial charge in [-0.3, -0.25) is 0 Å². The SMILES string of the molecule is Clc1ccccc1C(SCc1ccccc1)SCc1ccccc1. The van der Waals surface area contributed by atoms with E-state index in [4.69, 9.17) is 11.6 Å². The zero-order chi connectivity index (χ0) is 16.6. The molecule has 0 saturated heterocycles. The highest BCUT2D eigenvalue weighted by molar-refractivity contribution is 8.15. The largest absolute Gasteiger partial charge is 0.138 e. The number of thioether (sulfide) groups is 2. The monoisotopic (exact) mass is 370 g/mol. The molecule has 0 radical (unpaired) electrons. The van der Waals surface area contributed by atoms with Crippen LogP contribution in [0.4, 0.5) is 0 Å². The van der Waals surface area contributed by atoms with Crippen LogP contribution in [0.25, 0.3) is 0 Å². The predicted octanol–water partition coefficient (Wildman–Crippen LogP) is 7.21. The molecular formula is C21H19ClS2. The van der Waals surface area contributed by atoms with Crippen LogP contribution in [-0.4, -0.2) is 0 Å². The van der Waals surface area contributed by atoms with Gasteiger partial charge in [-0.2, -0.15) is 0 Å². The number of hydrogen-bond acceptors (Lipinski definition) is 2. The summed E-state index contributed by atoms with van der Waals surface area (Å²) in [6, 6.07) is 29.4. The Morgan fingerprint density at radius 2 is 1.08 bits per heavy atom. The van der Waals surface area contributed by atoms with Crippen LogP contribution in [0.2, 0.25) is 5.02 Å². The Balaban J connectivity index is 1.72. The van der Waals surface area contributed by atoms with E-state index >= 15 is 0 Å². The lowest BCUT2D eigenvalue weighted by Gasteiger charge is -2.18. The van der Waals surface area contributed by atoms with Crippen molar-refractivity contribution in [2.24, 2.45) is 0 Å². The maximum Gasteiger partial charge on any atom is 0.0772 e. The van der Waals surface area contributed by atoms with Crippen molar-refractivity contribution in [1.29, 1.82) is 0 Å². The maximum atomic E-state index is 6.46. The molecule has 122 valence electrons. The van der Waals surface area contributed by atoms with Gasteiger partial charge < -0.3 is 0 Å². The molecule has 0 aromatic heterocycles. The molecule has 0 unspecified atom stereocenters. The summed E-state index contributed by atoms with van der Waals surface area (Å²) in [7, 11) is 0. The fourth-order valence-corrected chi connectivity index (χ4v) is 5.40. The zero-order valence-corrected chi connectivity index (χ0v) is 15.7. The first kappa shape index (κ1) is 17.5. The molecule has 0 nitrogen and oxygen atoms in total. The van der Waals surface area contributed by atoms with E-state index in [1.807, 2.05) is 35.7 Å². The normalized spacial score (nSPS) is 10.9. The van der Waals surface area contributed by atoms with Crippen LogP contribution in [0, 0.1) is 0 Å². The van der Waals surface area contributed by atoms with Crippen molar-refractivity contribution in [1.82, 2.24) is 0 Å². The first-order valence-corrected chi connectivity index (χ1v) is 10.4. The highest BCUT2D eigenvalue weighted by Crippen LogP contribution is 2.44. The molecule has 3 aromatic rings. The molecule has 3 rings (SSSR count). The van der Waals surface area contributed by atoms with Gasteiger partial charge in [0.05, 0.1) is 4.58 Å². The number of rotatable bonds is 7. The lowest BCUT2D eigenvalue weighted by Crippen LogP contribution is -1.93. The van der Waals surface area contributed by atoms with E-state index < -0.39 is 0 Å². The maximum absolute atomic E-state index is 6.46. The Hall–Kier alpha value is -1.35. The van der Waals surface area contributed by atoms with E-state index in [0.717, 1.165) is 16.5 Å². The smallest absolute Gasteiger partial charge is 0.0772 e. The van der Waals surface area contributed by atoms with Crippen molar-refractivity contribution in [2.75, 3.05) is 0 Å². The van der Waals surface area contributed by atoms with Gasteiger partial charge in [0, 0.05) is 16.5 Å². The van der Waals surface area contributed by atoms with Crippen LogP contribution in [0.1, 0.15) is 21.3 Å². The molecule has 0 bridgehead atoms. The van der Waals surface area contributed by atoms with Crippen LogP contribution in [0.3, 0.4) is 0 Å². The third-order valence-corrected chi connectivity index (χ3v) is 6.92. The van der Waals surface area contributed by atoms with E-state index in [1.54, 1.807) is 0 Å². The zero-order valence-electron chi connectivity index (χ0n) is 13.3. The average molecular weight is 371 g/mol. The van der Waals surface area contributed by atoms with Gasteiger partial charge in [0.15, 0.2) is 0 Å². The second-order valence-corrected chi connectivity index (χ2v) is 8.34. The molecule has 0 spiro atoms. The fourth-order valence-electron chi connectivity index (χ4n) is 2.39. The lowest BCUT2D eigenvalue weighted by molar-refractivity contribution is 1.32. The third-order valence-electron chi connectivity index (χ3n) is 3.65.